The van der Waals surface area contributed by atoms with E-state index in [4.69, 9.17) is 0 Å². The van der Waals surface area contributed by atoms with Crippen molar-refractivity contribution in [3.63, 3.8) is 0 Å². The number of halogens is 3. The van der Waals surface area contributed by atoms with Crippen molar-refractivity contribution in [3.05, 3.63) is 69.2 Å². The number of hydrogen-bond acceptors (Lipinski definition) is 1. The molecular weight excluding hydrogens is 336 g/mol. The molecule has 0 aromatic heterocycles. The second kappa shape index (κ2) is 5.85. The molecule has 21 heavy (non-hydrogen) atoms. The molecule has 1 aliphatic carbocycles. The average Bonchev–Trinajstić information content (AvgIpc) is 2.45. The Hall–Kier alpha value is -1.26. The third-order valence-corrected chi connectivity index (χ3v) is 4.72. The minimum absolute atomic E-state index is 0.111. The maximum atomic E-state index is 14.4. The zero-order chi connectivity index (χ0) is 15.0. The van der Waals surface area contributed by atoms with Crippen LogP contribution < -0.4 is 5.32 Å². The van der Waals surface area contributed by atoms with Crippen LogP contribution in [-0.4, -0.2) is 6.54 Å². The van der Waals surface area contributed by atoms with Crippen molar-refractivity contribution >= 4 is 15.9 Å². The monoisotopic (exact) mass is 351 g/mol. The lowest BCUT2D eigenvalue weighted by atomic mass is 9.71. The molecule has 1 nitrogen and oxygen atoms in total. The molecule has 0 heterocycles. The van der Waals surface area contributed by atoms with Crippen LogP contribution in [0, 0.1) is 11.6 Å². The van der Waals surface area contributed by atoms with Crippen LogP contribution in [-0.2, 0) is 6.42 Å². The zero-order valence-electron chi connectivity index (χ0n) is 11.7. The van der Waals surface area contributed by atoms with Crippen LogP contribution in [0.25, 0.3) is 0 Å². The molecular formula is C17H16BrF2N. The average molecular weight is 352 g/mol. The Labute approximate surface area is 131 Å². The fraction of sp³-hybridized carbons (Fsp3) is 0.294. The molecule has 4 heteroatoms. The fourth-order valence-electron chi connectivity index (χ4n) is 3.09. The number of likely N-dealkylation sites (N-methyl/N-ethyl adjacent to an activating group) is 1. The van der Waals surface area contributed by atoms with Crippen LogP contribution >= 0.6 is 15.9 Å². The first-order valence-corrected chi connectivity index (χ1v) is 7.87. The van der Waals surface area contributed by atoms with E-state index in [9.17, 15) is 8.78 Å². The Bertz CT molecular complexity index is 672. The largest absolute Gasteiger partial charge is 0.309 e. The van der Waals surface area contributed by atoms with Crippen LogP contribution in [0.4, 0.5) is 8.78 Å². The quantitative estimate of drug-likeness (QED) is 0.786. The van der Waals surface area contributed by atoms with Gasteiger partial charge in [0, 0.05) is 17.5 Å². The van der Waals surface area contributed by atoms with Crippen molar-refractivity contribution in [2.75, 3.05) is 6.54 Å². The van der Waals surface area contributed by atoms with E-state index >= 15 is 0 Å². The number of benzene rings is 2. The predicted molar refractivity (Wildman–Crippen MR) is 83.4 cm³/mol. The zero-order valence-corrected chi connectivity index (χ0v) is 13.3. The van der Waals surface area contributed by atoms with Gasteiger partial charge in [0.05, 0.1) is 4.47 Å². The van der Waals surface area contributed by atoms with E-state index in [0.717, 1.165) is 6.42 Å². The van der Waals surface area contributed by atoms with Gasteiger partial charge in [0.2, 0.25) is 0 Å². The summed E-state index contributed by atoms with van der Waals surface area (Å²) in [6.45, 7) is 2.61. The van der Waals surface area contributed by atoms with Gasteiger partial charge in [0.25, 0.3) is 0 Å². The summed E-state index contributed by atoms with van der Waals surface area (Å²) in [7, 11) is 0. The van der Waals surface area contributed by atoms with Gasteiger partial charge in [-0.15, -0.1) is 0 Å². The summed E-state index contributed by atoms with van der Waals surface area (Å²) in [5.41, 5.74) is 2.58. The van der Waals surface area contributed by atoms with Crippen LogP contribution in [0.2, 0.25) is 0 Å². The van der Waals surface area contributed by atoms with Crippen molar-refractivity contribution in [2.45, 2.75) is 25.3 Å². The fourth-order valence-corrected chi connectivity index (χ4v) is 3.43. The summed E-state index contributed by atoms with van der Waals surface area (Å²) in [5, 5.41) is 3.25. The summed E-state index contributed by atoms with van der Waals surface area (Å²) in [6.07, 6.45) is 0.846. The van der Waals surface area contributed by atoms with E-state index in [1.807, 2.05) is 25.1 Å². The van der Waals surface area contributed by atoms with Gasteiger partial charge in [-0.3, -0.25) is 0 Å². The van der Waals surface area contributed by atoms with Crippen molar-refractivity contribution in [2.24, 2.45) is 0 Å². The maximum Gasteiger partial charge on any atom is 0.145 e. The molecule has 0 spiro atoms. The van der Waals surface area contributed by atoms with E-state index in [0.29, 0.717) is 11.0 Å². The van der Waals surface area contributed by atoms with Gasteiger partial charge in [0.1, 0.15) is 11.6 Å². The van der Waals surface area contributed by atoms with Crippen LogP contribution in [0.1, 0.15) is 35.6 Å². The lowest BCUT2D eigenvalue weighted by Gasteiger charge is -2.37. The molecule has 2 atom stereocenters. The Morgan fingerprint density at radius 2 is 2.00 bits per heavy atom. The highest BCUT2D eigenvalue weighted by molar-refractivity contribution is 9.10. The Morgan fingerprint density at radius 1 is 1.24 bits per heavy atom. The first-order chi connectivity index (χ1) is 10.1. The van der Waals surface area contributed by atoms with Gasteiger partial charge in [-0.1, -0.05) is 31.2 Å². The summed E-state index contributed by atoms with van der Waals surface area (Å²) < 4.78 is 28.9. The minimum Gasteiger partial charge on any atom is -0.309 e. The lowest BCUT2D eigenvalue weighted by molar-refractivity contribution is 0.388. The summed E-state index contributed by atoms with van der Waals surface area (Å²) in [4.78, 5) is 0. The highest BCUT2D eigenvalue weighted by Crippen LogP contribution is 2.45. The van der Waals surface area contributed by atoms with E-state index < -0.39 is 11.6 Å². The second-order valence-electron chi connectivity index (χ2n) is 5.30. The first kappa shape index (κ1) is 14.7. The standard InChI is InChI=1S/C17H16BrF2N/c1-2-21-17(12-9-10-5-3-4-6-11(10)12)15-14(19)8-7-13(18)16(15)20/h3-8,12,17,21H,2,9H2,1H3. The molecule has 1 aliphatic rings. The molecule has 0 saturated carbocycles. The van der Waals surface area contributed by atoms with E-state index in [-0.39, 0.29) is 17.5 Å². The first-order valence-electron chi connectivity index (χ1n) is 7.08. The highest BCUT2D eigenvalue weighted by atomic mass is 79.9. The molecule has 110 valence electrons. The SMILES string of the molecule is CCNC(c1c(F)ccc(Br)c1F)C1Cc2ccccc21. The third-order valence-electron chi connectivity index (χ3n) is 4.11. The van der Waals surface area contributed by atoms with E-state index in [2.05, 4.69) is 27.3 Å². The topological polar surface area (TPSA) is 12.0 Å². The molecule has 0 aliphatic heterocycles. The smallest absolute Gasteiger partial charge is 0.145 e. The van der Waals surface area contributed by atoms with Crippen molar-refractivity contribution < 1.29 is 8.78 Å². The van der Waals surface area contributed by atoms with Crippen LogP contribution in [0.5, 0.6) is 0 Å². The lowest BCUT2D eigenvalue weighted by Crippen LogP contribution is -2.34. The van der Waals surface area contributed by atoms with Gasteiger partial charge in [-0.25, -0.2) is 8.78 Å². The summed E-state index contributed by atoms with van der Waals surface area (Å²) in [6, 6.07) is 10.5. The normalized spacial score (nSPS) is 18.0. The highest BCUT2D eigenvalue weighted by Gasteiger charge is 2.36. The third kappa shape index (κ3) is 2.51. The Balaban J connectivity index is 2.03. The van der Waals surface area contributed by atoms with E-state index in [1.54, 1.807) is 0 Å². The van der Waals surface area contributed by atoms with Crippen molar-refractivity contribution in [1.29, 1.82) is 0 Å². The molecule has 0 saturated heterocycles. The molecule has 0 radical (unpaired) electrons. The van der Waals surface area contributed by atoms with E-state index in [1.165, 1.54) is 23.3 Å². The molecule has 2 aromatic rings. The Kier molecular flexibility index (Phi) is 4.09. The maximum absolute atomic E-state index is 14.4. The van der Waals surface area contributed by atoms with Gasteiger partial charge in [0.15, 0.2) is 0 Å². The molecule has 2 aromatic carbocycles. The van der Waals surface area contributed by atoms with Gasteiger partial charge >= 0.3 is 0 Å². The summed E-state index contributed by atoms with van der Waals surface area (Å²) in [5.74, 6) is -0.893. The summed E-state index contributed by atoms with van der Waals surface area (Å²) >= 11 is 3.15. The molecule has 0 amide bonds. The van der Waals surface area contributed by atoms with Gasteiger partial charge in [-0.2, -0.15) is 0 Å². The Morgan fingerprint density at radius 3 is 2.71 bits per heavy atom. The minimum atomic E-state index is -0.509. The van der Waals surface area contributed by atoms with Crippen LogP contribution in [0.15, 0.2) is 40.9 Å². The number of fused-ring (bicyclic) bond motifs is 1. The molecule has 3 rings (SSSR count). The molecule has 2 unspecified atom stereocenters. The number of hydrogen-bond donors (Lipinski definition) is 1. The van der Waals surface area contributed by atoms with Gasteiger partial charge < -0.3 is 5.32 Å². The molecule has 0 bridgehead atoms. The predicted octanol–water partition coefficient (Wildman–Crippen LogP) is 4.72. The number of nitrogens with one attached hydrogen (secondary N) is 1. The van der Waals surface area contributed by atoms with Crippen molar-refractivity contribution in [1.82, 2.24) is 5.32 Å². The molecule has 0 fully saturated rings. The molecule has 1 N–H and O–H groups in total. The van der Waals surface area contributed by atoms with Gasteiger partial charge in [-0.05, 0) is 52.2 Å². The van der Waals surface area contributed by atoms with Crippen LogP contribution in [0.3, 0.4) is 0 Å². The van der Waals surface area contributed by atoms with Crippen molar-refractivity contribution in [3.8, 4) is 0 Å². The second-order valence-corrected chi connectivity index (χ2v) is 6.16. The number of rotatable bonds is 4.